The van der Waals surface area contributed by atoms with Gasteiger partial charge in [-0.2, -0.15) is 0 Å². The number of pyridine rings is 1. The molecule has 1 aliphatic carbocycles. The monoisotopic (exact) mass is 501 g/mol. The van der Waals surface area contributed by atoms with Crippen LogP contribution in [0.5, 0.6) is 5.75 Å². The van der Waals surface area contributed by atoms with Gasteiger partial charge in [-0.05, 0) is 91.4 Å². The molecule has 5 rings (SSSR count). The second-order valence-electron chi connectivity index (χ2n) is 9.64. The molecule has 2 heterocycles. The van der Waals surface area contributed by atoms with E-state index >= 15 is 0 Å². The van der Waals surface area contributed by atoms with Gasteiger partial charge in [0.25, 0.3) is 0 Å². The Hall–Kier alpha value is -3.31. The fourth-order valence-electron chi connectivity index (χ4n) is 5.20. The average molecular weight is 502 g/mol. The van der Waals surface area contributed by atoms with Gasteiger partial charge in [0, 0.05) is 29.2 Å². The van der Waals surface area contributed by atoms with Crippen molar-refractivity contribution < 1.29 is 9.53 Å². The molecule has 0 aliphatic heterocycles. The molecule has 36 heavy (non-hydrogen) atoms. The molecule has 4 aromatic rings. The van der Waals surface area contributed by atoms with Crippen molar-refractivity contribution in [1.82, 2.24) is 14.7 Å². The summed E-state index contributed by atoms with van der Waals surface area (Å²) in [7, 11) is 1.66. The standard InChI is InChI=1S/C30H32ClN3O2/c1-20-18-23(31)11-14-26(20)22-10-16-28-33-30(21-8-12-25(36-2)13-9-21)27(34(28)19-22)15-17-29(35)32-24-6-4-3-5-7-24/h8-14,16,18-19,24H,3-7,15,17H2,1-2H3,(H,32,35). The summed E-state index contributed by atoms with van der Waals surface area (Å²) in [6, 6.07) is 18.3. The number of halogens is 1. The highest BCUT2D eigenvalue weighted by atomic mass is 35.5. The summed E-state index contributed by atoms with van der Waals surface area (Å²) in [5.74, 6) is 0.915. The summed E-state index contributed by atoms with van der Waals surface area (Å²) < 4.78 is 7.48. The zero-order valence-electron chi connectivity index (χ0n) is 20.9. The fourth-order valence-corrected chi connectivity index (χ4v) is 5.43. The van der Waals surface area contributed by atoms with E-state index < -0.39 is 0 Å². The second kappa shape index (κ2) is 10.8. The van der Waals surface area contributed by atoms with E-state index in [0.29, 0.717) is 18.9 Å². The first-order chi connectivity index (χ1) is 17.5. The van der Waals surface area contributed by atoms with Gasteiger partial charge < -0.3 is 14.5 Å². The quantitative estimate of drug-likeness (QED) is 0.296. The highest BCUT2D eigenvalue weighted by Crippen LogP contribution is 2.31. The van der Waals surface area contributed by atoms with Gasteiger partial charge in [0.15, 0.2) is 0 Å². The van der Waals surface area contributed by atoms with Crippen molar-refractivity contribution in [3.8, 4) is 28.1 Å². The summed E-state index contributed by atoms with van der Waals surface area (Å²) in [6.45, 7) is 2.07. The fraction of sp³-hybridized carbons (Fsp3) is 0.333. The number of aromatic nitrogens is 2. The topological polar surface area (TPSA) is 55.6 Å². The van der Waals surface area contributed by atoms with E-state index in [1.807, 2.05) is 42.5 Å². The van der Waals surface area contributed by atoms with Gasteiger partial charge in [0.1, 0.15) is 11.4 Å². The van der Waals surface area contributed by atoms with Crippen LogP contribution < -0.4 is 10.1 Å². The number of benzene rings is 2. The van der Waals surface area contributed by atoms with Gasteiger partial charge in [-0.3, -0.25) is 4.79 Å². The van der Waals surface area contributed by atoms with Crippen LogP contribution in [-0.4, -0.2) is 28.4 Å². The lowest BCUT2D eigenvalue weighted by Gasteiger charge is -2.22. The molecule has 1 N–H and O–H groups in total. The first-order valence-corrected chi connectivity index (χ1v) is 13.1. The Labute approximate surface area is 217 Å². The molecule has 2 aromatic heterocycles. The molecular formula is C30H32ClN3O2. The number of amides is 1. The van der Waals surface area contributed by atoms with Crippen LogP contribution in [0.25, 0.3) is 28.0 Å². The van der Waals surface area contributed by atoms with Crippen molar-refractivity contribution in [3.63, 3.8) is 0 Å². The Balaban J connectivity index is 1.50. The van der Waals surface area contributed by atoms with E-state index in [1.54, 1.807) is 7.11 Å². The third kappa shape index (κ3) is 5.26. The highest BCUT2D eigenvalue weighted by molar-refractivity contribution is 6.30. The number of nitrogens with zero attached hydrogens (tertiary/aromatic N) is 2. The van der Waals surface area contributed by atoms with Crippen LogP contribution in [-0.2, 0) is 11.2 Å². The van der Waals surface area contributed by atoms with Gasteiger partial charge >= 0.3 is 0 Å². The lowest BCUT2D eigenvalue weighted by molar-refractivity contribution is -0.122. The van der Waals surface area contributed by atoms with E-state index in [4.69, 9.17) is 21.3 Å². The molecule has 1 amide bonds. The number of fused-ring (bicyclic) bond motifs is 1. The highest BCUT2D eigenvalue weighted by Gasteiger charge is 2.19. The largest absolute Gasteiger partial charge is 0.497 e. The number of carbonyl (C=O) groups is 1. The summed E-state index contributed by atoms with van der Waals surface area (Å²) in [6.07, 6.45) is 9.00. The molecular weight excluding hydrogens is 470 g/mol. The van der Waals surface area contributed by atoms with E-state index in [9.17, 15) is 4.79 Å². The minimum absolute atomic E-state index is 0.113. The van der Waals surface area contributed by atoms with Crippen LogP contribution in [0.1, 0.15) is 49.8 Å². The van der Waals surface area contributed by atoms with E-state index in [1.165, 1.54) is 19.3 Å². The summed E-state index contributed by atoms with van der Waals surface area (Å²) in [4.78, 5) is 17.8. The maximum Gasteiger partial charge on any atom is 0.220 e. The summed E-state index contributed by atoms with van der Waals surface area (Å²) in [5, 5.41) is 3.98. The number of hydrogen-bond acceptors (Lipinski definition) is 3. The summed E-state index contributed by atoms with van der Waals surface area (Å²) in [5.41, 5.74) is 7.12. The van der Waals surface area contributed by atoms with Gasteiger partial charge in [0.2, 0.25) is 5.91 Å². The van der Waals surface area contributed by atoms with E-state index in [0.717, 1.165) is 62.9 Å². The Morgan fingerprint density at radius 2 is 1.81 bits per heavy atom. The average Bonchev–Trinajstić information content (AvgIpc) is 3.26. The van der Waals surface area contributed by atoms with Crippen LogP contribution in [0.15, 0.2) is 60.8 Å². The van der Waals surface area contributed by atoms with Crippen LogP contribution in [0, 0.1) is 6.92 Å². The van der Waals surface area contributed by atoms with Crippen molar-refractivity contribution in [2.75, 3.05) is 7.11 Å². The molecule has 0 atom stereocenters. The van der Waals surface area contributed by atoms with Gasteiger partial charge in [-0.15, -0.1) is 0 Å². The second-order valence-corrected chi connectivity index (χ2v) is 10.1. The third-order valence-electron chi connectivity index (χ3n) is 7.14. The molecule has 0 bridgehead atoms. The molecule has 0 radical (unpaired) electrons. The van der Waals surface area contributed by atoms with Crippen LogP contribution in [0.2, 0.25) is 5.02 Å². The lowest BCUT2D eigenvalue weighted by Crippen LogP contribution is -2.36. The molecule has 1 saturated carbocycles. The smallest absolute Gasteiger partial charge is 0.220 e. The predicted molar refractivity (Wildman–Crippen MR) is 146 cm³/mol. The maximum absolute atomic E-state index is 12.9. The SMILES string of the molecule is COc1ccc(-c2nc3ccc(-c4ccc(Cl)cc4C)cn3c2CCC(=O)NC2CCCCC2)cc1. The van der Waals surface area contributed by atoms with Crippen LogP contribution in [0.3, 0.4) is 0 Å². The molecule has 186 valence electrons. The number of nitrogens with one attached hydrogen (secondary N) is 1. The van der Waals surface area contributed by atoms with Gasteiger partial charge in [0.05, 0.1) is 18.5 Å². The van der Waals surface area contributed by atoms with E-state index in [-0.39, 0.29) is 5.91 Å². The number of methoxy groups -OCH3 is 1. The van der Waals surface area contributed by atoms with Crippen LogP contribution >= 0.6 is 11.6 Å². The van der Waals surface area contributed by atoms with Crippen molar-refractivity contribution in [2.45, 2.75) is 57.9 Å². The molecule has 5 nitrogen and oxygen atoms in total. The number of aryl methyl sites for hydroxylation is 2. The zero-order valence-corrected chi connectivity index (χ0v) is 21.6. The molecule has 6 heteroatoms. The minimum Gasteiger partial charge on any atom is -0.497 e. The van der Waals surface area contributed by atoms with Crippen molar-refractivity contribution in [1.29, 1.82) is 0 Å². The van der Waals surface area contributed by atoms with Crippen molar-refractivity contribution in [3.05, 3.63) is 77.1 Å². The number of rotatable bonds is 7. The molecule has 0 spiro atoms. The molecule has 0 unspecified atom stereocenters. The Kier molecular flexibility index (Phi) is 7.28. The number of carbonyl (C=O) groups excluding carboxylic acids is 1. The number of hydrogen-bond donors (Lipinski definition) is 1. The number of ether oxygens (including phenoxy) is 1. The third-order valence-corrected chi connectivity index (χ3v) is 7.37. The Morgan fingerprint density at radius 1 is 1.06 bits per heavy atom. The van der Waals surface area contributed by atoms with Crippen molar-refractivity contribution >= 4 is 23.2 Å². The minimum atomic E-state index is 0.113. The van der Waals surface area contributed by atoms with Gasteiger partial charge in [-0.25, -0.2) is 4.98 Å². The Morgan fingerprint density at radius 3 is 2.53 bits per heavy atom. The molecule has 1 fully saturated rings. The molecule has 1 aliphatic rings. The lowest BCUT2D eigenvalue weighted by atomic mass is 9.95. The normalized spacial score (nSPS) is 14.2. The zero-order chi connectivity index (χ0) is 25.1. The van der Waals surface area contributed by atoms with E-state index in [2.05, 4.69) is 35.0 Å². The van der Waals surface area contributed by atoms with Gasteiger partial charge in [-0.1, -0.05) is 36.9 Å². The van der Waals surface area contributed by atoms with Crippen molar-refractivity contribution in [2.24, 2.45) is 0 Å². The summed E-state index contributed by atoms with van der Waals surface area (Å²) >= 11 is 6.20. The molecule has 0 saturated heterocycles. The predicted octanol–water partition coefficient (Wildman–Crippen LogP) is 7.02. The first-order valence-electron chi connectivity index (χ1n) is 12.7. The number of imidazole rings is 1. The first kappa shape index (κ1) is 24.4. The maximum atomic E-state index is 12.9. The Bertz CT molecular complexity index is 1370. The molecule has 2 aromatic carbocycles. The van der Waals surface area contributed by atoms with Crippen LogP contribution in [0.4, 0.5) is 0 Å².